The monoisotopic (exact) mass is 962 g/mol. The summed E-state index contributed by atoms with van der Waals surface area (Å²) in [7, 11) is 0. The van der Waals surface area contributed by atoms with Crippen molar-refractivity contribution in [1.29, 1.82) is 0 Å². The minimum absolute atomic E-state index is 0.126. The van der Waals surface area contributed by atoms with E-state index in [9.17, 15) is 15.0 Å². The fourth-order valence-electron chi connectivity index (χ4n) is 7.65. The molecule has 2 atom stereocenters. The molecular weight excluding hydrogens is 855 g/mol. The fourth-order valence-corrected chi connectivity index (χ4v) is 7.65. The molecule has 0 heterocycles. The molecule has 70 heavy (non-hydrogen) atoms. The summed E-state index contributed by atoms with van der Waals surface area (Å²) in [6.07, 6.45) is 95.4. The topological polar surface area (TPSA) is 69.6 Å². The van der Waals surface area contributed by atoms with Crippen molar-refractivity contribution in [3.8, 4) is 0 Å². The normalized spacial score (nSPS) is 14.1. The van der Waals surface area contributed by atoms with Crippen LogP contribution in [0.2, 0.25) is 0 Å². The molecule has 0 saturated heterocycles. The molecule has 0 bridgehead atoms. The summed E-state index contributed by atoms with van der Waals surface area (Å²) < 4.78 is 0. The first-order valence-electron chi connectivity index (χ1n) is 28.7. The van der Waals surface area contributed by atoms with Crippen molar-refractivity contribution in [2.75, 3.05) is 6.61 Å². The highest BCUT2D eigenvalue weighted by Crippen LogP contribution is 2.14. The third-order valence-electron chi connectivity index (χ3n) is 12.0. The molecule has 0 spiro atoms. The zero-order valence-electron chi connectivity index (χ0n) is 45.2. The Bertz CT molecular complexity index is 1510. The second-order valence-electron chi connectivity index (χ2n) is 18.6. The molecule has 0 aromatic rings. The summed E-state index contributed by atoms with van der Waals surface area (Å²) in [5.41, 5.74) is 0. The summed E-state index contributed by atoms with van der Waals surface area (Å²) in [5.74, 6) is -0.126. The van der Waals surface area contributed by atoms with Gasteiger partial charge < -0.3 is 15.5 Å². The number of nitrogens with one attached hydrogen (secondary N) is 1. The number of aliphatic hydroxyl groups excluding tert-OH is 2. The summed E-state index contributed by atoms with van der Waals surface area (Å²) in [6.45, 7) is 4.16. The van der Waals surface area contributed by atoms with Crippen LogP contribution in [0.4, 0.5) is 0 Å². The molecule has 1 amide bonds. The molecule has 4 nitrogen and oxygen atoms in total. The number of unbranched alkanes of at least 4 members (excludes halogenated alkanes) is 19. The number of aliphatic hydroxyl groups is 2. The van der Waals surface area contributed by atoms with Gasteiger partial charge in [0.05, 0.1) is 18.8 Å². The summed E-state index contributed by atoms with van der Waals surface area (Å²) in [4.78, 5) is 12.5. The van der Waals surface area contributed by atoms with Gasteiger partial charge in [0.25, 0.3) is 0 Å². The van der Waals surface area contributed by atoms with E-state index in [0.717, 1.165) is 109 Å². The van der Waals surface area contributed by atoms with Crippen LogP contribution in [0.25, 0.3) is 0 Å². The van der Waals surface area contributed by atoms with Crippen molar-refractivity contribution in [2.45, 2.75) is 244 Å². The highest BCUT2D eigenvalue weighted by Gasteiger charge is 2.17. The number of carbonyl (C=O) groups excluding carboxylic acids is 1. The molecule has 0 aromatic carbocycles. The van der Waals surface area contributed by atoms with Crippen LogP contribution < -0.4 is 5.32 Å². The van der Waals surface area contributed by atoms with Crippen LogP contribution in [-0.4, -0.2) is 34.9 Å². The van der Waals surface area contributed by atoms with Gasteiger partial charge in [-0.3, -0.25) is 4.79 Å². The van der Waals surface area contributed by atoms with Crippen molar-refractivity contribution in [3.63, 3.8) is 0 Å². The first-order chi connectivity index (χ1) is 34.7. The summed E-state index contributed by atoms with van der Waals surface area (Å²) >= 11 is 0. The van der Waals surface area contributed by atoms with Gasteiger partial charge in [-0.2, -0.15) is 0 Å². The standard InChI is InChI=1S/C66H107NO3/c1-3-5-7-9-11-13-15-17-19-21-23-25-27-29-30-31-32-33-34-35-36-38-40-42-44-46-48-50-52-54-56-58-60-62-66(70)67-64(63-68)65(69)61-59-57-55-53-51-49-47-45-43-41-39-37-28-26-24-22-20-18-16-14-12-10-8-6-4-2/h5,7,11,13,17,19,23,25,29-30,32-33,35-36,40,42-43,45-46,48,51-54,59,61,64-65,68-69H,3-4,6,8-10,12,14-16,18,20-22,24,26-28,31,34,37-39,41,44,47,49-50,55-58,60,62-63H2,1-2H3,(H,67,70)/b7-5-,13-11-,19-17-,25-23-,30-29-,33-32-,36-35-,42-40-,45-43+,48-46-,53-51+,54-52-,61-59+. The lowest BCUT2D eigenvalue weighted by molar-refractivity contribution is -0.123. The zero-order valence-corrected chi connectivity index (χ0v) is 45.2. The number of hydrogen-bond acceptors (Lipinski definition) is 3. The third kappa shape index (κ3) is 54.9. The van der Waals surface area contributed by atoms with Gasteiger partial charge in [-0.05, 0) is 122 Å². The van der Waals surface area contributed by atoms with E-state index in [-0.39, 0.29) is 12.5 Å². The SMILES string of the molecule is CC/C=C\C/C=C\C/C=C\C/C=C\C/C=C\C/C=C\C/C=C\C/C=C\C/C=C\C/C=C\CCCCC(=O)NC(CO)C(O)/C=C/CC/C=C/CC/C=C/CCCCCCCCCCCCCCCCC. The predicted molar refractivity (Wildman–Crippen MR) is 312 cm³/mol. The molecule has 0 aromatic heterocycles. The van der Waals surface area contributed by atoms with Crippen molar-refractivity contribution < 1.29 is 15.0 Å². The first-order valence-corrected chi connectivity index (χ1v) is 28.7. The van der Waals surface area contributed by atoms with Crippen LogP contribution in [0.15, 0.2) is 158 Å². The van der Waals surface area contributed by atoms with Crippen LogP contribution in [0.1, 0.15) is 232 Å². The number of carbonyl (C=O) groups is 1. The molecule has 0 fully saturated rings. The minimum atomic E-state index is -0.902. The Morgan fingerprint density at radius 1 is 0.357 bits per heavy atom. The van der Waals surface area contributed by atoms with Gasteiger partial charge in [0.2, 0.25) is 5.91 Å². The van der Waals surface area contributed by atoms with Gasteiger partial charge in [0.1, 0.15) is 0 Å². The number of rotatable bonds is 50. The highest BCUT2D eigenvalue weighted by molar-refractivity contribution is 5.76. The third-order valence-corrected chi connectivity index (χ3v) is 12.0. The fraction of sp³-hybridized carbons (Fsp3) is 0.591. The molecule has 0 aliphatic carbocycles. The lowest BCUT2D eigenvalue weighted by Gasteiger charge is -2.19. The summed E-state index contributed by atoms with van der Waals surface area (Å²) in [5, 5.41) is 23.1. The first kappa shape index (κ1) is 66.0. The number of amides is 1. The number of hydrogen-bond donors (Lipinski definition) is 3. The van der Waals surface area contributed by atoms with Crippen LogP contribution in [0, 0.1) is 0 Å². The molecule has 2 unspecified atom stereocenters. The highest BCUT2D eigenvalue weighted by atomic mass is 16.3. The molecule has 4 heteroatoms. The van der Waals surface area contributed by atoms with Crippen molar-refractivity contribution >= 4 is 5.91 Å². The van der Waals surface area contributed by atoms with E-state index >= 15 is 0 Å². The van der Waals surface area contributed by atoms with E-state index in [1.54, 1.807) is 6.08 Å². The van der Waals surface area contributed by atoms with Crippen molar-refractivity contribution in [3.05, 3.63) is 158 Å². The lowest BCUT2D eigenvalue weighted by atomic mass is 10.0. The largest absolute Gasteiger partial charge is 0.394 e. The van der Waals surface area contributed by atoms with Crippen LogP contribution in [-0.2, 0) is 4.79 Å². The Kier molecular flexibility index (Phi) is 55.9. The predicted octanol–water partition coefficient (Wildman–Crippen LogP) is 19.4. The minimum Gasteiger partial charge on any atom is -0.394 e. The molecule has 3 N–H and O–H groups in total. The Morgan fingerprint density at radius 3 is 1.00 bits per heavy atom. The zero-order chi connectivity index (χ0) is 50.6. The van der Waals surface area contributed by atoms with Crippen molar-refractivity contribution in [1.82, 2.24) is 5.32 Å². The maximum Gasteiger partial charge on any atom is 0.220 e. The van der Waals surface area contributed by atoms with E-state index in [1.807, 2.05) is 6.08 Å². The summed E-state index contributed by atoms with van der Waals surface area (Å²) in [6, 6.07) is -0.683. The second-order valence-corrected chi connectivity index (χ2v) is 18.6. The maximum absolute atomic E-state index is 12.5. The lowest BCUT2D eigenvalue weighted by Crippen LogP contribution is -2.45. The Morgan fingerprint density at radius 2 is 0.643 bits per heavy atom. The quantitative estimate of drug-likeness (QED) is 0.0420. The van der Waals surface area contributed by atoms with Gasteiger partial charge in [-0.15, -0.1) is 0 Å². The molecule has 0 aliphatic heterocycles. The van der Waals surface area contributed by atoms with Gasteiger partial charge in [0, 0.05) is 6.42 Å². The second kappa shape index (κ2) is 59.3. The van der Waals surface area contributed by atoms with E-state index < -0.39 is 12.1 Å². The smallest absolute Gasteiger partial charge is 0.220 e. The average Bonchev–Trinajstić information content (AvgIpc) is 3.36. The molecular formula is C66H107NO3. The van der Waals surface area contributed by atoms with E-state index in [1.165, 1.54) is 103 Å². The Labute approximate surface area is 433 Å². The molecule has 394 valence electrons. The van der Waals surface area contributed by atoms with Gasteiger partial charge in [0.15, 0.2) is 0 Å². The van der Waals surface area contributed by atoms with Crippen LogP contribution >= 0.6 is 0 Å². The average molecular weight is 963 g/mol. The molecule has 0 radical (unpaired) electrons. The van der Waals surface area contributed by atoms with E-state index in [2.05, 4.69) is 165 Å². The Hall–Kier alpha value is -3.99. The maximum atomic E-state index is 12.5. The van der Waals surface area contributed by atoms with Gasteiger partial charge in [-0.1, -0.05) is 262 Å². The van der Waals surface area contributed by atoms with Gasteiger partial charge >= 0.3 is 0 Å². The van der Waals surface area contributed by atoms with Crippen LogP contribution in [0.3, 0.4) is 0 Å². The van der Waals surface area contributed by atoms with E-state index in [0.29, 0.717) is 6.42 Å². The van der Waals surface area contributed by atoms with Gasteiger partial charge in [-0.25, -0.2) is 0 Å². The van der Waals surface area contributed by atoms with Crippen LogP contribution in [0.5, 0.6) is 0 Å². The molecule has 0 rings (SSSR count). The molecule has 0 aliphatic rings. The van der Waals surface area contributed by atoms with E-state index in [4.69, 9.17) is 0 Å². The number of allylic oxidation sites excluding steroid dienone is 25. The Balaban J connectivity index is 3.76. The molecule has 0 saturated carbocycles. The van der Waals surface area contributed by atoms with Crippen molar-refractivity contribution in [2.24, 2.45) is 0 Å².